The van der Waals surface area contributed by atoms with Crippen LogP contribution in [0.3, 0.4) is 0 Å². The van der Waals surface area contributed by atoms with E-state index in [1.807, 2.05) is 43.3 Å². The molecule has 0 N–H and O–H groups in total. The molecule has 106 valence electrons. The average Bonchev–Trinajstić information content (AvgIpc) is 2.48. The molecule has 0 saturated carbocycles. The van der Waals surface area contributed by atoms with Gasteiger partial charge in [0.15, 0.2) is 0 Å². The fraction of sp³-hybridized carbons (Fsp3) is 0.118. The topological polar surface area (TPSA) is 33.0 Å². The predicted octanol–water partition coefficient (Wildman–Crippen LogP) is 5.41. The van der Waals surface area contributed by atoms with Gasteiger partial charge < -0.3 is 4.74 Å². The molecule has 4 heteroatoms. The van der Waals surface area contributed by atoms with E-state index >= 15 is 0 Å². The summed E-state index contributed by atoms with van der Waals surface area (Å²) in [7, 11) is 0. The second kappa shape index (κ2) is 7.48. The molecular weight excluding hydrogens is 397 g/mol. The summed E-state index contributed by atoms with van der Waals surface area (Å²) in [4.78, 5) is 0. The minimum absolute atomic E-state index is 0.603. The van der Waals surface area contributed by atoms with E-state index in [0.717, 1.165) is 20.4 Å². The maximum absolute atomic E-state index is 9.34. The molecule has 0 radical (unpaired) electrons. The van der Waals surface area contributed by atoms with Crippen molar-refractivity contribution >= 4 is 45.8 Å². The molecule has 2 rings (SSSR count). The Bertz CT molecular complexity index is 702. The molecule has 0 amide bonds. The first-order valence-electron chi connectivity index (χ1n) is 6.44. The van der Waals surface area contributed by atoms with Crippen molar-refractivity contribution < 1.29 is 4.74 Å². The van der Waals surface area contributed by atoms with Crippen molar-refractivity contribution in [3.8, 4) is 11.8 Å². The number of allylic oxidation sites excluding steroid dienone is 1. The molecule has 0 aliphatic heterocycles. The fourth-order valence-electron chi connectivity index (χ4n) is 1.86. The molecule has 2 aromatic rings. The number of hydrogen-bond donors (Lipinski definition) is 0. The van der Waals surface area contributed by atoms with Gasteiger partial charge >= 0.3 is 0 Å². The number of nitrogens with zero attached hydrogens (tertiary/aromatic N) is 1. The van der Waals surface area contributed by atoms with Crippen molar-refractivity contribution in [3.05, 3.63) is 62.2 Å². The van der Waals surface area contributed by atoms with Crippen LogP contribution >= 0.6 is 34.2 Å². The van der Waals surface area contributed by atoms with Crippen molar-refractivity contribution in [2.24, 2.45) is 0 Å². The summed E-state index contributed by atoms with van der Waals surface area (Å²) in [5.74, 6) is 0.861. The number of ether oxygens (including phenoxy) is 1. The molecule has 0 aliphatic carbocycles. The molecule has 0 saturated heterocycles. The van der Waals surface area contributed by atoms with Crippen LogP contribution in [0.5, 0.6) is 5.75 Å². The van der Waals surface area contributed by atoms with Crippen molar-refractivity contribution in [2.45, 2.75) is 6.92 Å². The van der Waals surface area contributed by atoms with Gasteiger partial charge in [0.25, 0.3) is 0 Å². The first kappa shape index (κ1) is 15.9. The van der Waals surface area contributed by atoms with E-state index in [2.05, 4.69) is 28.7 Å². The third-order valence-electron chi connectivity index (χ3n) is 2.84. The van der Waals surface area contributed by atoms with Gasteiger partial charge in [-0.3, -0.25) is 0 Å². The molecule has 0 heterocycles. The van der Waals surface area contributed by atoms with Crippen LogP contribution in [-0.4, -0.2) is 6.61 Å². The van der Waals surface area contributed by atoms with Crippen LogP contribution < -0.4 is 4.74 Å². The van der Waals surface area contributed by atoms with E-state index in [0.29, 0.717) is 17.2 Å². The second-order valence-electron chi connectivity index (χ2n) is 4.30. The minimum Gasteiger partial charge on any atom is -0.493 e. The average molecular weight is 410 g/mol. The molecule has 2 aromatic carbocycles. The van der Waals surface area contributed by atoms with Gasteiger partial charge in [-0.05, 0) is 71.0 Å². The highest BCUT2D eigenvalue weighted by Crippen LogP contribution is 2.25. The van der Waals surface area contributed by atoms with Crippen molar-refractivity contribution in [3.63, 3.8) is 0 Å². The Hall–Kier alpha value is -1.51. The lowest BCUT2D eigenvalue weighted by molar-refractivity contribution is 0.338. The van der Waals surface area contributed by atoms with Gasteiger partial charge in [0.05, 0.1) is 21.8 Å². The van der Waals surface area contributed by atoms with Gasteiger partial charge in [-0.15, -0.1) is 0 Å². The summed E-state index contributed by atoms with van der Waals surface area (Å²) in [5, 5.41) is 10.00. The molecule has 0 aliphatic rings. The first-order valence-corrected chi connectivity index (χ1v) is 7.89. The molecule has 21 heavy (non-hydrogen) atoms. The summed E-state index contributed by atoms with van der Waals surface area (Å²) >= 11 is 8.10. The molecular formula is C17H13ClINO. The Morgan fingerprint density at radius 1 is 1.29 bits per heavy atom. The van der Waals surface area contributed by atoms with Crippen LogP contribution in [0, 0.1) is 14.9 Å². The largest absolute Gasteiger partial charge is 0.493 e. The van der Waals surface area contributed by atoms with Gasteiger partial charge in [-0.2, -0.15) is 5.26 Å². The minimum atomic E-state index is 0.603. The highest BCUT2D eigenvalue weighted by Gasteiger charge is 2.04. The first-order chi connectivity index (χ1) is 10.1. The Balaban J connectivity index is 2.34. The molecule has 0 atom stereocenters. The Morgan fingerprint density at radius 2 is 2.00 bits per heavy atom. The Labute approximate surface area is 143 Å². The maximum Gasteiger partial charge on any atom is 0.132 e. The summed E-state index contributed by atoms with van der Waals surface area (Å²) < 4.78 is 6.54. The standard InChI is InChI=1S/C17H13ClINO/c1-2-21-17-8-3-12(10-16(17)19)9-14(11-20)13-4-6-15(18)7-5-13/h3-10H,2H2,1H3. The van der Waals surface area contributed by atoms with Crippen molar-refractivity contribution in [1.29, 1.82) is 5.26 Å². The van der Waals surface area contributed by atoms with Crippen LogP contribution in [0.1, 0.15) is 18.1 Å². The zero-order chi connectivity index (χ0) is 15.2. The fourth-order valence-corrected chi connectivity index (χ4v) is 2.68. The van der Waals surface area contributed by atoms with E-state index < -0.39 is 0 Å². The predicted molar refractivity (Wildman–Crippen MR) is 95.3 cm³/mol. The zero-order valence-corrected chi connectivity index (χ0v) is 14.4. The summed E-state index contributed by atoms with van der Waals surface area (Å²) in [5.41, 5.74) is 2.42. The van der Waals surface area contributed by atoms with Crippen LogP contribution in [0.25, 0.3) is 11.6 Å². The second-order valence-corrected chi connectivity index (χ2v) is 5.90. The maximum atomic E-state index is 9.34. The lowest BCUT2D eigenvalue weighted by Crippen LogP contribution is -1.94. The van der Waals surface area contributed by atoms with E-state index in [-0.39, 0.29) is 0 Å². The Kier molecular flexibility index (Phi) is 5.66. The normalized spacial score (nSPS) is 11.0. The molecule has 0 bridgehead atoms. The highest BCUT2D eigenvalue weighted by atomic mass is 127. The number of benzene rings is 2. The molecule has 2 nitrogen and oxygen atoms in total. The van der Waals surface area contributed by atoms with E-state index in [1.54, 1.807) is 12.1 Å². The van der Waals surface area contributed by atoms with E-state index in [9.17, 15) is 5.26 Å². The van der Waals surface area contributed by atoms with Gasteiger partial charge in [0, 0.05) is 5.02 Å². The van der Waals surface area contributed by atoms with E-state index in [1.165, 1.54) is 0 Å². The number of rotatable bonds is 4. The van der Waals surface area contributed by atoms with Gasteiger partial charge in [0.1, 0.15) is 5.75 Å². The summed E-state index contributed by atoms with van der Waals surface area (Å²) in [6.45, 7) is 2.59. The third kappa shape index (κ3) is 4.23. The number of hydrogen-bond acceptors (Lipinski definition) is 2. The van der Waals surface area contributed by atoms with Crippen LogP contribution in [0.4, 0.5) is 0 Å². The van der Waals surface area contributed by atoms with Crippen molar-refractivity contribution in [1.82, 2.24) is 0 Å². The monoisotopic (exact) mass is 409 g/mol. The quantitative estimate of drug-likeness (QED) is 0.384. The van der Waals surface area contributed by atoms with Crippen LogP contribution in [0.2, 0.25) is 5.02 Å². The smallest absolute Gasteiger partial charge is 0.132 e. The van der Waals surface area contributed by atoms with Gasteiger partial charge in [-0.1, -0.05) is 29.8 Å². The Morgan fingerprint density at radius 3 is 2.57 bits per heavy atom. The van der Waals surface area contributed by atoms with Gasteiger partial charge in [-0.25, -0.2) is 0 Å². The molecule has 0 spiro atoms. The number of halogens is 2. The highest BCUT2D eigenvalue weighted by molar-refractivity contribution is 14.1. The zero-order valence-electron chi connectivity index (χ0n) is 11.4. The van der Waals surface area contributed by atoms with Crippen LogP contribution in [-0.2, 0) is 0 Å². The van der Waals surface area contributed by atoms with E-state index in [4.69, 9.17) is 16.3 Å². The summed E-state index contributed by atoms with van der Waals surface area (Å²) in [6.07, 6.45) is 1.86. The SMILES string of the molecule is CCOc1ccc(C=C(C#N)c2ccc(Cl)cc2)cc1I. The third-order valence-corrected chi connectivity index (χ3v) is 3.94. The molecule has 0 fully saturated rings. The molecule has 0 aromatic heterocycles. The van der Waals surface area contributed by atoms with Crippen LogP contribution in [0.15, 0.2) is 42.5 Å². The van der Waals surface area contributed by atoms with Crippen molar-refractivity contribution in [2.75, 3.05) is 6.61 Å². The van der Waals surface area contributed by atoms with Gasteiger partial charge in [0.2, 0.25) is 0 Å². The molecule has 0 unspecified atom stereocenters. The number of nitriles is 1. The lowest BCUT2D eigenvalue weighted by Gasteiger charge is -2.06. The summed E-state index contributed by atoms with van der Waals surface area (Å²) in [6, 6.07) is 15.3. The lowest BCUT2D eigenvalue weighted by atomic mass is 10.0.